The number of hydrogen-bond donors (Lipinski definition) is 0. The fourth-order valence-corrected chi connectivity index (χ4v) is 4.19. The van der Waals surface area contributed by atoms with Crippen LogP contribution in [0.3, 0.4) is 0 Å². The van der Waals surface area contributed by atoms with Gasteiger partial charge in [0.15, 0.2) is 16.3 Å². The molecule has 3 aromatic rings. The summed E-state index contributed by atoms with van der Waals surface area (Å²) in [5.74, 6) is 1.25. The molecule has 0 N–H and O–H groups in total. The van der Waals surface area contributed by atoms with Crippen LogP contribution in [0.15, 0.2) is 64.9 Å². The molecule has 0 atom stereocenters. The number of anilines is 1. The Morgan fingerprint density at radius 2 is 2.00 bits per heavy atom. The standard InChI is InChI=1S/C23H23N3O3S/c1-4-11-29-19-10-7-17(12-20(19)28-3)13-21-22(27)26-15-25(14-24-23(26)30-21)18-8-5-16(2)6-9-18/h4-10,12-13H,1,11,14-15H2,2-3H3. The summed E-state index contributed by atoms with van der Waals surface area (Å²) in [6.45, 7) is 7.13. The molecule has 2 aromatic carbocycles. The van der Waals surface area contributed by atoms with Crippen LogP contribution in [-0.2, 0) is 6.67 Å². The molecule has 154 valence electrons. The number of rotatable bonds is 6. The van der Waals surface area contributed by atoms with Crippen LogP contribution in [0.4, 0.5) is 5.69 Å². The van der Waals surface area contributed by atoms with E-state index in [0.29, 0.717) is 36.0 Å². The molecule has 0 amide bonds. The number of methoxy groups -OCH3 is 1. The maximum absolute atomic E-state index is 13.0. The zero-order valence-electron chi connectivity index (χ0n) is 17.0. The molecule has 0 unspecified atom stereocenters. The van der Waals surface area contributed by atoms with Crippen LogP contribution in [0.5, 0.6) is 11.5 Å². The fraction of sp³-hybridized carbons (Fsp3) is 0.217. The second-order valence-electron chi connectivity index (χ2n) is 6.95. The average Bonchev–Trinajstić information content (AvgIpc) is 3.08. The molecule has 0 aliphatic carbocycles. The van der Waals surface area contributed by atoms with E-state index in [9.17, 15) is 4.79 Å². The molecule has 0 saturated heterocycles. The zero-order chi connectivity index (χ0) is 21.1. The van der Waals surface area contributed by atoms with Crippen molar-refractivity contribution in [2.24, 2.45) is 4.99 Å². The minimum Gasteiger partial charge on any atom is -0.493 e. The van der Waals surface area contributed by atoms with Crippen LogP contribution in [0.2, 0.25) is 0 Å². The van der Waals surface area contributed by atoms with Gasteiger partial charge in [-0.1, -0.05) is 47.8 Å². The Balaban J connectivity index is 1.65. The lowest BCUT2D eigenvalue weighted by Crippen LogP contribution is -2.42. The maximum atomic E-state index is 13.0. The maximum Gasteiger partial charge on any atom is 0.271 e. The Morgan fingerprint density at radius 1 is 1.20 bits per heavy atom. The van der Waals surface area contributed by atoms with Crippen molar-refractivity contribution in [1.82, 2.24) is 4.57 Å². The number of nitrogens with zero attached hydrogens (tertiary/aromatic N) is 3. The Kier molecular flexibility index (Phi) is 5.72. The summed E-state index contributed by atoms with van der Waals surface area (Å²) >= 11 is 1.40. The van der Waals surface area contributed by atoms with Crippen molar-refractivity contribution in [2.75, 3.05) is 25.3 Å². The summed E-state index contributed by atoms with van der Waals surface area (Å²) < 4.78 is 13.4. The summed E-state index contributed by atoms with van der Waals surface area (Å²) in [4.78, 5) is 20.4. The third-order valence-corrected chi connectivity index (χ3v) is 5.86. The molecule has 1 aromatic heterocycles. The van der Waals surface area contributed by atoms with E-state index in [1.165, 1.54) is 16.9 Å². The van der Waals surface area contributed by atoms with Crippen molar-refractivity contribution >= 4 is 23.1 Å². The van der Waals surface area contributed by atoms with Crippen LogP contribution < -0.4 is 29.3 Å². The normalized spacial score (nSPS) is 13.5. The molecule has 4 rings (SSSR count). The Morgan fingerprint density at radius 3 is 2.73 bits per heavy atom. The first kappa shape index (κ1) is 20.0. The highest BCUT2D eigenvalue weighted by molar-refractivity contribution is 7.07. The summed E-state index contributed by atoms with van der Waals surface area (Å²) in [7, 11) is 1.59. The molecule has 1 aliphatic heterocycles. The second kappa shape index (κ2) is 8.59. The molecular weight excluding hydrogens is 398 g/mol. The van der Waals surface area contributed by atoms with E-state index in [2.05, 4.69) is 47.7 Å². The molecule has 7 heteroatoms. The smallest absolute Gasteiger partial charge is 0.271 e. The first-order valence-corrected chi connectivity index (χ1v) is 10.4. The Bertz CT molecular complexity index is 1240. The van der Waals surface area contributed by atoms with Crippen LogP contribution in [0.1, 0.15) is 11.1 Å². The molecule has 30 heavy (non-hydrogen) atoms. The van der Waals surface area contributed by atoms with Crippen molar-refractivity contribution in [1.29, 1.82) is 0 Å². The zero-order valence-corrected chi connectivity index (χ0v) is 17.8. The van der Waals surface area contributed by atoms with Gasteiger partial charge in [-0.2, -0.15) is 0 Å². The minimum absolute atomic E-state index is 0.0403. The lowest BCUT2D eigenvalue weighted by atomic mass is 10.2. The lowest BCUT2D eigenvalue weighted by molar-refractivity contribution is 0.326. The highest BCUT2D eigenvalue weighted by Crippen LogP contribution is 2.28. The number of thiazole rings is 1. The van der Waals surface area contributed by atoms with Gasteiger partial charge >= 0.3 is 0 Å². The van der Waals surface area contributed by atoms with Crippen molar-refractivity contribution in [2.45, 2.75) is 13.6 Å². The minimum atomic E-state index is -0.0403. The monoisotopic (exact) mass is 421 g/mol. The van der Waals surface area contributed by atoms with E-state index in [0.717, 1.165) is 16.1 Å². The van der Waals surface area contributed by atoms with Gasteiger partial charge in [0, 0.05) is 5.69 Å². The van der Waals surface area contributed by atoms with Gasteiger partial charge in [0.25, 0.3) is 5.56 Å². The van der Waals surface area contributed by atoms with Crippen LogP contribution in [0, 0.1) is 6.92 Å². The van der Waals surface area contributed by atoms with Gasteiger partial charge in [-0.05, 0) is 42.8 Å². The Hall–Kier alpha value is -3.32. The van der Waals surface area contributed by atoms with E-state index in [-0.39, 0.29) is 5.56 Å². The largest absolute Gasteiger partial charge is 0.493 e. The number of ether oxygens (including phenoxy) is 2. The lowest BCUT2D eigenvalue weighted by Gasteiger charge is -2.25. The van der Waals surface area contributed by atoms with Crippen molar-refractivity contribution < 1.29 is 9.47 Å². The molecule has 6 nitrogen and oxygen atoms in total. The quantitative estimate of drug-likeness (QED) is 0.575. The van der Waals surface area contributed by atoms with E-state index in [1.54, 1.807) is 17.8 Å². The van der Waals surface area contributed by atoms with E-state index in [4.69, 9.17) is 9.47 Å². The van der Waals surface area contributed by atoms with Crippen LogP contribution in [0.25, 0.3) is 6.08 Å². The topological polar surface area (TPSA) is 56.1 Å². The van der Waals surface area contributed by atoms with Crippen LogP contribution in [-0.4, -0.2) is 25.0 Å². The first-order valence-electron chi connectivity index (χ1n) is 9.58. The first-order chi connectivity index (χ1) is 14.6. The summed E-state index contributed by atoms with van der Waals surface area (Å²) in [6.07, 6.45) is 3.55. The van der Waals surface area contributed by atoms with Crippen molar-refractivity contribution in [3.63, 3.8) is 0 Å². The number of hydrogen-bond acceptors (Lipinski definition) is 6. The number of aryl methyl sites for hydroxylation is 1. The third-order valence-electron chi connectivity index (χ3n) is 4.82. The number of fused-ring (bicyclic) bond motifs is 1. The molecule has 0 fully saturated rings. The van der Waals surface area contributed by atoms with E-state index < -0.39 is 0 Å². The average molecular weight is 422 g/mol. The van der Waals surface area contributed by atoms with Gasteiger partial charge in [0.2, 0.25) is 0 Å². The predicted octanol–water partition coefficient (Wildman–Crippen LogP) is 2.68. The highest BCUT2D eigenvalue weighted by Gasteiger charge is 2.16. The van der Waals surface area contributed by atoms with Gasteiger partial charge in [0.05, 0.1) is 11.6 Å². The summed E-state index contributed by atoms with van der Waals surface area (Å²) in [5, 5.41) is 0. The van der Waals surface area contributed by atoms with Crippen molar-refractivity contribution in [3.05, 3.63) is 85.9 Å². The van der Waals surface area contributed by atoms with Gasteiger partial charge in [0.1, 0.15) is 19.9 Å². The molecule has 0 saturated carbocycles. The predicted molar refractivity (Wildman–Crippen MR) is 120 cm³/mol. The molecule has 0 bridgehead atoms. The molecule has 1 aliphatic rings. The SMILES string of the molecule is C=CCOc1ccc(C=c2sc3n(c2=O)CN(c2ccc(C)cc2)CN=3)cc1OC. The number of benzene rings is 2. The third kappa shape index (κ3) is 4.02. The van der Waals surface area contributed by atoms with Gasteiger partial charge in [-0.25, -0.2) is 4.99 Å². The van der Waals surface area contributed by atoms with Gasteiger partial charge in [-0.15, -0.1) is 0 Å². The molecule has 0 radical (unpaired) electrons. The molecule has 0 spiro atoms. The van der Waals surface area contributed by atoms with E-state index in [1.807, 2.05) is 24.3 Å². The van der Waals surface area contributed by atoms with Crippen molar-refractivity contribution in [3.8, 4) is 11.5 Å². The fourth-order valence-electron chi connectivity index (χ4n) is 3.22. The molecule has 2 heterocycles. The number of aromatic nitrogens is 1. The van der Waals surface area contributed by atoms with Crippen LogP contribution >= 0.6 is 11.3 Å². The summed E-state index contributed by atoms with van der Waals surface area (Å²) in [6, 6.07) is 13.8. The van der Waals surface area contributed by atoms with Gasteiger partial charge in [-0.3, -0.25) is 9.36 Å². The second-order valence-corrected chi connectivity index (χ2v) is 7.96. The summed E-state index contributed by atoms with van der Waals surface area (Å²) in [5.41, 5.74) is 3.08. The molecular formula is C23H23N3O3S. The highest BCUT2D eigenvalue weighted by atomic mass is 32.1. The van der Waals surface area contributed by atoms with Gasteiger partial charge < -0.3 is 14.4 Å². The Labute approximate surface area is 178 Å². The van der Waals surface area contributed by atoms with E-state index >= 15 is 0 Å².